The van der Waals surface area contributed by atoms with E-state index in [0.29, 0.717) is 23.3 Å². The van der Waals surface area contributed by atoms with Gasteiger partial charge >= 0.3 is 11.9 Å². The van der Waals surface area contributed by atoms with Crippen LogP contribution in [-0.4, -0.2) is 30.9 Å². The van der Waals surface area contributed by atoms with Crippen LogP contribution in [0.1, 0.15) is 55.7 Å². The van der Waals surface area contributed by atoms with Crippen LogP contribution < -0.4 is 5.32 Å². The lowest BCUT2D eigenvalue weighted by atomic mass is 9.67. The number of ether oxygens (including phenoxy) is 2. The maximum absolute atomic E-state index is 14.2. The smallest absolute Gasteiger partial charge is 0.336 e. The molecule has 6 nitrogen and oxygen atoms in total. The summed E-state index contributed by atoms with van der Waals surface area (Å²) in [4.78, 5) is 40.4. The molecule has 0 amide bonds. The van der Waals surface area contributed by atoms with E-state index in [4.69, 9.17) is 9.47 Å². The number of rotatable bonds is 6. The minimum absolute atomic E-state index is 0.183. The molecule has 2 aromatic carbocycles. The molecule has 2 aliphatic rings. The molecule has 3 unspecified atom stereocenters. The average Bonchev–Trinajstić information content (AvgIpc) is 2.84. The summed E-state index contributed by atoms with van der Waals surface area (Å²) in [6, 6.07) is 17.3. The lowest BCUT2D eigenvalue weighted by Crippen LogP contribution is -2.43. The van der Waals surface area contributed by atoms with Crippen LogP contribution in [0.5, 0.6) is 0 Å². The second-order valence-corrected chi connectivity index (χ2v) is 8.94. The minimum Gasteiger partial charge on any atom is -0.465 e. The lowest BCUT2D eigenvalue weighted by molar-refractivity contribution is -0.152. The predicted molar refractivity (Wildman–Crippen MR) is 132 cm³/mol. The molecule has 0 saturated heterocycles. The normalized spacial score (nSPS) is 21.8. The van der Waals surface area contributed by atoms with Crippen LogP contribution in [0, 0.1) is 12.8 Å². The van der Waals surface area contributed by atoms with Gasteiger partial charge in [0.15, 0.2) is 5.78 Å². The van der Waals surface area contributed by atoms with Gasteiger partial charge in [-0.25, -0.2) is 4.79 Å². The zero-order valence-corrected chi connectivity index (χ0v) is 20.6. The second-order valence-electron chi connectivity index (χ2n) is 8.94. The fraction of sp³-hybridized carbons (Fsp3) is 0.345. The number of carbonyl (C=O) groups excluding carboxylic acids is 3. The van der Waals surface area contributed by atoms with Crippen molar-refractivity contribution in [1.82, 2.24) is 5.32 Å². The second kappa shape index (κ2) is 10.3. The van der Waals surface area contributed by atoms with E-state index >= 15 is 0 Å². The van der Waals surface area contributed by atoms with E-state index in [1.807, 2.05) is 68.4 Å². The van der Waals surface area contributed by atoms with Gasteiger partial charge in [-0.3, -0.25) is 9.59 Å². The van der Waals surface area contributed by atoms with Crippen LogP contribution in [0.4, 0.5) is 0 Å². The van der Waals surface area contributed by atoms with Gasteiger partial charge in [-0.15, -0.1) is 0 Å². The highest BCUT2D eigenvalue weighted by molar-refractivity contribution is 6.13. The summed E-state index contributed by atoms with van der Waals surface area (Å²) in [6.45, 7) is 7.70. The van der Waals surface area contributed by atoms with E-state index < -0.39 is 23.8 Å². The molecule has 3 atom stereocenters. The number of nitrogens with one attached hydrogen (secondary N) is 1. The van der Waals surface area contributed by atoms with Crippen LogP contribution in [-0.2, 0) is 23.9 Å². The molecule has 0 spiro atoms. The number of Topliss-reactive ketones (excluding diaryl/α,β-unsaturated/α-hetero) is 1. The van der Waals surface area contributed by atoms with Gasteiger partial charge in [-0.2, -0.15) is 0 Å². The molecular formula is C29H31NO5. The van der Waals surface area contributed by atoms with Crippen molar-refractivity contribution in [3.8, 4) is 0 Å². The van der Waals surface area contributed by atoms with E-state index in [0.717, 1.165) is 22.4 Å². The number of benzene rings is 2. The Labute approximate surface area is 206 Å². The molecule has 0 saturated carbocycles. The van der Waals surface area contributed by atoms with Gasteiger partial charge in [0.25, 0.3) is 0 Å². The topological polar surface area (TPSA) is 81.7 Å². The third-order valence-corrected chi connectivity index (χ3v) is 6.69. The summed E-state index contributed by atoms with van der Waals surface area (Å²) in [6.07, 6.45) is 0.449. The van der Waals surface area contributed by atoms with Crippen LogP contribution in [0.25, 0.3) is 0 Å². The maximum Gasteiger partial charge on any atom is 0.336 e. The van der Waals surface area contributed by atoms with Gasteiger partial charge in [0, 0.05) is 28.8 Å². The first kappa shape index (κ1) is 24.5. The monoisotopic (exact) mass is 473 g/mol. The van der Waals surface area contributed by atoms with Gasteiger partial charge in [-0.05, 0) is 45.2 Å². The van der Waals surface area contributed by atoms with E-state index in [-0.39, 0.29) is 24.9 Å². The van der Waals surface area contributed by atoms with Crippen LogP contribution >= 0.6 is 0 Å². The highest BCUT2D eigenvalue weighted by Gasteiger charge is 2.49. The van der Waals surface area contributed by atoms with Gasteiger partial charge in [0.05, 0.1) is 18.8 Å². The van der Waals surface area contributed by atoms with Crippen molar-refractivity contribution in [2.75, 3.05) is 13.2 Å². The Kier molecular flexibility index (Phi) is 7.20. The molecule has 1 N–H and O–H groups in total. The fourth-order valence-electron chi connectivity index (χ4n) is 5.12. The molecule has 4 rings (SSSR count). The predicted octanol–water partition coefficient (Wildman–Crippen LogP) is 4.71. The Morgan fingerprint density at radius 2 is 1.57 bits per heavy atom. The molecule has 0 radical (unpaired) electrons. The van der Waals surface area contributed by atoms with Crippen molar-refractivity contribution >= 4 is 17.7 Å². The summed E-state index contributed by atoms with van der Waals surface area (Å²) >= 11 is 0. The summed E-state index contributed by atoms with van der Waals surface area (Å²) < 4.78 is 10.8. The van der Waals surface area contributed by atoms with Crippen molar-refractivity contribution < 1.29 is 23.9 Å². The van der Waals surface area contributed by atoms with Crippen molar-refractivity contribution in [3.63, 3.8) is 0 Å². The molecule has 182 valence electrons. The van der Waals surface area contributed by atoms with Crippen LogP contribution in [0.3, 0.4) is 0 Å². The molecule has 0 aromatic heterocycles. The van der Waals surface area contributed by atoms with Gasteiger partial charge in [0.1, 0.15) is 5.92 Å². The van der Waals surface area contributed by atoms with Gasteiger partial charge in [0.2, 0.25) is 0 Å². The number of aryl methyl sites for hydroxylation is 1. The lowest BCUT2D eigenvalue weighted by Gasteiger charge is -2.39. The number of hydrogen-bond donors (Lipinski definition) is 1. The fourth-order valence-corrected chi connectivity index (χ4v) is 5.12. The number of hydrogen-bond acceptors (Lipinski definition) is 6. The van der Waals surface area contributed by atoms with E-state index in [9.17, 15) is 14.4 Å². The van der Waals surface area contributed by atoms with Gasteiger partial charge in [-0.1, -0.05) is 60.2 Å². The van der Waals surface area contributed by atoms with Crippen molar-refractivity contribution in [2.45, 2.75) is 46.0 Å². The third-order valence-electron chi connectivity index (χ3n) is 6.69. The summed E-state index contributed by atoms with van der Waals surface area (Å²) in [5, 5.41) is 3.33. The molecule has 35 heavy (non-hydrogen) atoms. The van der Waals surface area contributed by atoms with Gasteiger partial charge < -0.3 is 14.8 Å². The quantitative estimate of drug-likeness (QED) is 0.483. The maximum atomic E-state index is 14.2. The zero-order chi connectivity index (χ0) is 25.1. The van der Waals surface area contributed by atoms with Crippen molar-refractivity contribution in [1.29, 1.82) is 0 Å². The summed E-state index contributed by atoms with van der Waals surface area (Å²) in [5.74, 6) is -3.32. The summed E-state index contributed by atoms with van der Waals surface area (Å²) in [5.41, 5.74) is 5.00. The molecule has 1 heterocycles. The highest BCUT2D eigenvalue weighted by atomic mass is 16.5. The Hall–Kier alpha value is -3.67. The molecular weight excluding hydrogens is 442 g/mol. The van der Waals surface area contributed by atoms with E-state index in [1.54, 1.807) is 13.8 Å². The average molecular weight is 474 g/mol. The molecule has 2 aromatic rings. The van der Waals surface area contributed by atoms with Crippen molar-refractivity contribution in [2.24, 2.45) is 5.92 Å². The number of dihydropyridines is 1. The Balaban J connectivity index is 1.89. The Morgan fingerprint density at radius 1 is 0.914 bits per heavy atom. The van der Waals surface area contributed by atoms with Crippen molar-refractivity contribution in [3.05, 3.63) is 93.8 Å². The highest BCUT2D eigenvalue weighted by Crippen LogP contribution is 2.48. The molecule has 1 aliphatic carbocycles. The molecule has 0 bridgehead atoms. The SMILES string of the molecule is CCOC(=O)C1=C(C)NC2=C(C(=O)C(C(=O)OCC)C(c3ccccc3)C2)C1c1ccc(C)cc1. The summed E-state index contributed by atoms with van der Waals surface area (Å²) in [7, 11) is 0. The van der Waals surface area contributed by atoms with Crippen LogP contribution in [0.2, 0.25) is 0 Å². The van der Waals surface area contributed by atoms with Crippen LogP contribution in [0.15, 0.2) is 77.1 Å². The number of allylic oxidation sites excluding steroid dienone is 3. The first-order valence-electron chi connectivity index (χ1n) is 12.1. The first-order valence-corrected chi connectivity index (χ1v) is 12.1. The number of carbonyl (C=O) groups is 3. The molecule has 1 aliphatic heterocycles. The third kappa shape index (κ3) is 4.65. The standard InChI is InChI=1S/C29H31NO5/c1-5-34-28(32)23-18(4)30-22-16-21(19-10-8-7-9-11-19)25(29(33)35-6-2)27(31)26(22)24(23)20-14-12-17(3)13-15-20/h7-15,21,24-25,30H,5-6,16H2,1-4H3. The number of esters is 2. The largest absolute Gasteiger partial charge is 0.465 e. The zero-order valence-electron chi connectivity index (χ0n) is 20.6. The number of ketones is 1. The Morgan fingerprint density at radius 3 is 2.20 bits per heavy atom. The van der Waals surface area contributed by atoms with E-state index in [1.165, 1.54) is 0 Å². The molecule has 0 fully saturated rings. The Bertz CT molecular complexity index is 1190. The van der Waals surface area contributed by atoms with E-state index in [2.05, 4.69) is 5.32 Å². The minimum atomic E-state index is -0.993. The first-order chi connectivity index (χ1) is 16.9. The molecule has 6 heteroatoms.